The number of amides is 1. The summed E-state index contributed by atoms with van der Waals surface area (Å²) in [7, 11) is 1.61. The molecule has 2 aromatic heterocycles. The minimum Gasteiger partial charge on any atom is -0.497 e. The summed E-state index contributed by atoms with van der Waals surface area (Å²) in [4.78, 5) is 29.9. The van der Waals surface area contributed by atoms with E-state index >= 15 is 0 Å². The Kier molecular flexibility index (Phi) is 10.2. The van der Waals surface area contributed by atoms with Crippen LogP contribution in [0.2, 0.25) is 5.02 Å². The minimum absolute atomic E-state index is 0.161. The van der Waals surface area contributed by atoms with Crippen LogP contribution in [0, 0.1) is 18.3 Å². The molecule has 1 aliphatic rings. The highest BCUT2D eigenvalue weighted by atomic mass is 35.5. The van der Waals surface area contributed by atoms with Gasteiger partial charge in [0.05, 0.1) is 36.2 Å². The lowest BCUT2D eigenvalue weighted by molar-refractivity contribution is -0.115. The first-order valence-electron chi connectivity index (χ1n) is 15.4. The van der Waals surface area contributed by atoms with Gasteiger partial charge in [-0.2, -0.15) is 10.4 Å². The molecule has 0 unspecified atom stereocenters. The van der Waals surface area contributed by atoms with Gasteiger partial charge >= 0.3 is 0 Å². The maximum absolute atomic E-state index is 14.2. The van der Waals surface area contributed by atoms with E-state index in [4.69, 9.17) is 26.2 Å². The zero-order valence-corrected chi connectivity index (χ0v) is 28.1. The number of thiazole rings is 1. The van der Waals surface area contributed by atoms with Crippen molar-refractivity contribution in [1.29, 1.82) is 5.26 Å². The largest absolute Gasteiger partial charge is 0.497 e. The van der Waals surface area contributed by atoms with E-state index in [0.29, 0.717) is 58.6 Å². The molecule has 1 fully saturated rings. The molecule has 0 spiro atoms. The third-order valence-electron chi connectivity index (χ3n) is 8.02. The quantitative estimate of drug-likeness (QED) is 0.253. The summed E-state index contributed by atoms with van der Waals surface area (Å²) in [5, 5.41) is 18.5. The minimum atomic E-state index is -0.554. The van der Waals surface area contributed by atoms with Crippen LogP contribution in [-0.2, 0) is 9.53 Å². The molecule has 3 aromatic carbocycles. The number of halogens is 1. The third kappa shape index (κ3) is 7.12. The number of aromatic nitrogens is 3. The van der Waals surface area contributed by atoms with Crippen molar-refractivity contribution in [2.75, 3.05) is 46.5 Å². The van der Waals surface area contributed by atoms with Gasteiger partial charge in [-0.3, -0.25) is 19.1 Å². The van der Waals surface area contributed by atoms with Crippen LogP contribution in [0.15, 0.2) is 83.8 Å². The number of ether oxygens (including phenoxy) is 2. The Morgan fingerprint density at radius 3 is 2.54 bits per heavy atom. The average molecular weight is 681 g/mol. The first kappa shape index (κ1) is 32.9. The number of rotatable bonds is 9. The lowest BCUT2D eigenvalue weighted by Crippen LogP contribution is -2.42. The van der Waals surface area contributed by atoms with Gasteiger partial charge < -0.3 is 14.8 Å². The lowest BCUT2D eigenvalue weighted by Gasteiger charge is -2.26. The molecule has 0 aliphatic carbocycles. The number of aryl methyl sites for hydroxylation is 1. The molecule has 1 amide bonds. The monoisotopic (exact) mass is 680 g/mol. The Balaban J connectivity index is 1.50. The average Bonchev–Trinajstić information content (AvgIpc) is 3.68. The Labute approximate surface area is 286 Å². The molecular formula is C36H33ClN6O4S. The molecule has 0 bridgehead atoms. The first-order valence-corrected chi connectivity index (χ1v) is 16.6. The van der Waals surface area contributed by atoms with Crippen molar-refractivity contribution in [3.63, 3.8) is 0 Å². The van der Waals surface area contributed by atoms with Crippen molar-refractivity contribution in [2.45, 2.75) is 6.92 Å². The molecule has 12 heteroatoms. The standard InChI is InChI=1S/C36H33ClN6O4S/c1-24-8-11-28(21-31(24)37)43-35(45)32(48-36(43)30(22-38)34(44)39-14-15-41-16-18-47-19-17-41)20-26-23-42(27-6-4-3-5-7-27)40-33(26)25-9-12-29(46-2)13-10-25/h3-13,20-21,23H,14-19H2,1-2H3,(H,39,44)/b32-20-,36-30+. The van der Waals surface area contributed by atoms with Crippen molar-refractivity contribution >= 4 is 40.5 Å². The zero-order chi connectivity index (χ0) is 33.6. The van der Waals surface area contributed by atoms with Crippen molar-refractivity contribution in [3.05, 3.63) is 115 Å². The second-order valence-electron chi connectivity index (χ2n) is 11.1. The predicted molar refractivity (Wildman–Crippen MR) is 187 cm³/mol. The molecule has 48 heavy (non-hydrogen) atoms. The molecule has 0 radical (unpaired) electrons. The molecule has 3 heterocycles. The summed E-state index contributed by atoms with van der Waals surface area (Å²) in [5.74, 6) is 0.151. The van der Waals surface area contributed by atoms with Gasteiger partial charge in [0.1, 0.15) is 22.2 Å². The number of para-hydroxylation sites is 1. The van der Waals surface area contributed by atoms with E-state index in [1.165, 1.54) is 4.57 Å². The topological polar surface area (TPSA) is 114 Å². The van der Waals surface area contributed by atoms with E-state index in [0.717, 1.165) is 41.2 Å². The van der Waals surface area contributed by atoms with Crippen LogP contribution in [0.5, 0.6) is 5.75 Å². The van der Waals surface area contributed by atoms with Gasteiger partial charge in [-0.1, -0.05) is 35.9 Å². The molecule has 1 saturated heterocycles. The summed E-state index contributed by atoms with van der Waals surface area (Å²) in [5.41, 5.74) is 3.72. The van der Waals surface area contributed by atoms with Crippen molar-refractivity contribution in [2.24, 2.45) is 0 Å². The lowest BCUT2D eigenvalue weighted by atomic mass is 10.1. The van der Waals surface area contributed by atoms with Crippen LogP contribution in [0.1, 0.15) is 11.1 Å². The SMILES string of the molecule is COc1ccc(-c2nn(-c3ccccc3)cc2/C=c2\s/c(=C(\C#N)C(=O)NCCN3CCOCC3)n(-c3ccc(C)c(Cl)c3)c2=O)cc1. The summed E-state index contributed by atoms with van der Waals surface area (Å²) in [6.07, 6.45) is 3.61. The van der Waals surface area contributed by atoms with E-state index in [2.05, 4.69) is 16.3 Å². The summed E-state index contributed by atoms with van der Waals surface area (Å²) in [6, 6.07) is 24.5. The summed E-state index contributed by atoms with van der Waals surface area (Å²) >= 11 is 7.56. The smallest absolute Gasteiger partial charge is 0.273 e. The van der Waals surface area contributed by atoms with Crippen molar-refractivity contribution in [1.82, 2.24) is 24.6 Å². The number of benzene rings is 3. The maximum Gasteiger partial charge on any atom is 0.273 e. The van der Waals surface area contributed by atoms with E-state index in [1.807, 2.05) is 67.7 Å². The number of hydrogen-bond acceptors (Lipinski definition) is 8. The van der Waals surface area contributed by atoms with Gasteiger partial charge in [-0.15, -0.1) is 11.3 Å². The molecule has 10 nitrogen and oxygen atoms in total. The fourth-order valence-corrected chi connectivity index (χ4v) is 6.63. The summed E-state index contributed by atoms with van der Waals surface area (Å²) in [6.45, 7) is 5.68. The molecule has 0 atom stereocenters. The van der Waals surface area contributed by atoms with Gasteiger partial charge in [0.2, 0.25) is 0 Å². The fourth-order valence-electron chi connectivity index (χ4n) is 5.36. The molecule has 244 valence electrons. The fraction of sp³-hybridized carbons (Fsp3) is 0.222. The van der Waals surface area contributed by atoms with Crippen LogP contribution >= 0.6 is 22.9 Å². The Morgan fingerprint density at radius 1 is 1.10 bits per heavy atom. The highest BCUT2D eigenvalue weighted by molar-refractivity contribution is 7.07. The molecule has 5 aromatic rings. The zero-order valence-electron chi connectivity index (χ0n) is 26.5. The number of nitriles is 1. The van der Waals surface area contributed by atoms with Gasteiger partial charge in [0.15, 0.2) is 5.57 Å². The van der Waals surface area contributed by atoms with Crippen LogP contribution < -0.4 is 24.8 Å². The maximum atomic E-state index is 14.2. The molecule has 0 saturated carbocycles. The van der Waals surface area contributed by atoms with E-state index in [-0.39, 0.29) is 10.2 Å². The van der Waals surface area contributed by atoms with Crippen molar-refractivity contribution < 1.29 is 14.3 Å². The molecular weight excluding hydrogens is 648 g/mol. The van der Waals surface area contributed by atoms with Crippen LogP contribution in [-0.4, -0.2) is 71.7 Å². The summed E-state index contributed by atoms with van der Waals surface area (Å²) < 4.78 is 14.4. The number of hydrogen-bond donors (Lipinski definition) is 1. The number of morpholine rings is 1. The van der Waals surface area contributed by atoms with E-state index in [9.17, 15) is 14.9 Å². The second-order valence-corrected chi connectivity index (χ2v) is 12.6. The first-order chi connectivity index (χ1) is 23.4. The highest BCUT2D eigenvalue weighted by Gasteiger charge is 2.19. The van der Waals surface area contributed by atoms with Gasteiger partial charge in [0, 0.05) is 48.5 Å². The van der Waals surface area contributed by atoms with E-state index < -0.39 is 11.5 Å². The van der Waals surface area contributed by atoms with Crippen LogP contribution in [0.25, 0.3) is 34.3 Å². The number of methoxy groups -OCH3 is 1. The van der Waals surface area contributed by atoms with Crippen molar-refractivity contribution in [3.8, 4) is 34.5 Å². The normalized spacial score (nSPS) is 14.4. The molecule has 1 aliphatic heterocycles. The Hall–Kier alpha value is -4.99. The highest BCUT2D eigenvalue weighted by Crippen LogP contribution is 2.26. The number of nitrogens with one attached hydrogen (secondary N) is 1. The van der Waals surface area contributed by atoms with Crippen LogP contribution in [0.3, 0.4) is 0 Å². The van der Waals surface area contributed by atoms with Crippen LogP contribution in [0.4, 0.5) is 0 Å². The Bertz CT molecular complexity index is 2160. The third-order valence-corrected chi connectivity index (χ3v) is 9.52. The molecule has 6 rings (SSSR count). The van der Waals surface area contributed by atoms with E-state index in [1.54, 1.807) is 36.1 Å². The second kappa shape index (κ2) is 14.8. The van der Waals surface area contributed by atoms with Gasteiger partial charge in [0.25, 0.3) is 11.5 Å². The predicted octanol–water partition coefficient (Wildman–Crippen LogP) is 3.67. The molecule has 1 N–H and O–H groups in total. The van der Waals surface area contributed by atoms with Gasteiger partial charge in [-0.25, -0.2) is 4.68 Å². The number of nitrogens with zero attached hydrogens (tertiary/aromatic N) is 5. The Morgan fingerprint density at radius 2 is 1.85 bits per heavy atom. The van der Waals surface area contributed by atoms with Gasteiger partial charge in [-0.05, 0) is 67.1 Å². The number of carbonyl (C=O) groups excluding carboxylic acids is 1. The number of carbonyl (C=O) groups is 1.